The standard InChI is InChI=1S/C22H21ClN2O4/c1-22(2,3)25-20(27)14-6-4-12(10-15(14)21(25)28)19(26)24-17-8-9-29-18-7-5-13(23)11-16(17)18/h4-7,10-11,17H,8-9H2,1-3H3,(H,24,26). The number of rotatable bonds is 2. The van der Waals surface area contributed by atoms with Gasteiger partial charge >= 0.3 is 0 Å². The number of hydrogen-bond donors (Lipinski definition) is 1. The van der Waals surface area contributed by atoms with Crippen molar-refractivity contribution in [3.63, 3.8) is 0 Å². The van der Waals surface area contributed by atoms with Crippen LogP contribution < -0.4 is 10.1 Å². The predicted molar refractivity (Wildman–Crippen MR) is 108 cm³/mol. The Morgan fingerprint density at radius 2 is 1.83 bits per heavy atom. The Morgan fingerprint density at radius 1 is 1.10 bits per heavy atom. The summed E-state index contributed by atoms with van der Waals surface area (Å²) in [6.07, 6.45) is 0.610. The maximum absolute atomic E-state index is 12.9. The van der Waals surface area contributed by atoms with Gasteiger partial charge in [0.2, 0.25) is 0 Å². The van der Waals surface area contributed by atoms with Crippen LogP contribution in [0.4, 0.5) is 0 Å². The molecule has 0 saturated heterocycles. The molecule has 2 aliphatic heterocycles. The van der Waals surface area contributed by atoms with Gasteiger partial charge in [-0.2, -0.15) is 0 Å². The van der Waals surface area contributed by atoms with E-state index in [-0.39, 0.29) is 29.3 Å². The number of fused-ring (bicyclic) bond motifs is 2. The molecule has 2 aliphatic rings. The number of carbonyl (C=O) groups excluding carboxylic acids is 3. The summed E-state index contributed by atoms with van der Waals surface area (Å²) in [6.45, 7) is 5.89. The van der Waals surface area contributed by atoms with Crippen molar-refractivity contribution in [2.45, 2.75) is 38.8 Å². The van der Waals surface area contributed by atoms with Crippen LogP contribution in [0.2, 0.25) is 5.02 Å². The normalized spacial score (nSPS) is 18.2. The molecule has 29 heavy (non-hydrogen) atoms. The van der Waals surface area contributed by atoms with Crippen molar-refractivity contribution in [2.75, 3.05) is 6.61 Å². The number of ether oxygens (including phenoxy) is 1. The molecular formula is C22H21ClN2O4. The Labute approximate surface area is 173 Å². The summed E-state index contributed by atoms with van der Waals surface area (Å²) in [7, 11) is 0. The van der Waals surface area contributed by atoms with Gasteiger partial charge in [-0.15, -0.1) is 0 Å². The van der Waals surface area contributed by atoms with Crippen LogP contribution >= 0.6 is 11.6 Å². The summed E-state index contributed by atoms with van der Waals surface area (Å²) in [5, 5.41) is 3.56. The number of halogens is 1. The Bertz CT molecular complexity index is 1040. The SMILES string of the molecule is CC(C)(C)N1C(=O)c2ccc(C(=O)NC3CCOc4ccc(Cl)cc43)cc2C1=O. The number of benzene rings is 2. The zero-order chi connectivity index (χ0) is 20.9. The smallest absolute Gasteiger partial charge is 0.262 e. The monoisotopic (exact) mass is 412 g/mol. The minimum Gasteiger partial charge on any atom is -0.493 e. The molecule has 6 nitrogen and oxygen atoms in total. The molecule has 0 bridgehead atoms. The van der Waals surface area contributed by atoms with Crippen molar-refractivity contribution in [1.82, 2.24) is 10.2 Å². The van der Waals surface area contributed by atoms with E-state index in [1.54, 1.807) is 51.1 Å². The quantitative estimate of drug-likeness (QED) is 0.757. The van der Waals surface area contributed by atoms with E-state index in [1.165, 1.54) is 11.0 Å². The summed E-state index contributed by atoms with van der Waals surface area (Å²) in [4.78, 5) is 39.5. The van der Waals surface area contributed by atoms with Gasteiger partial charge in [0.25, 0.3) is 17.7 Å². The van der Waals surface area contributed by atoms with E-state index < -0.39 is 5.54 Å². The second-order valence-electron chi connectivity index (χ2n) is 8.22. The van der Waals surface area contributed by atoms with Gasteiger partial charge in [-0.25, -0.2) is 0 Å². The predicted octanol–water partition coefficient (Wildman–Crippen LogP) is 3.99. The first-order valence-corrected chi connectivity index (χ1v) is 9.80. The molecule has 3 amide bonds. The number of imide groups is 1. The van der Waals surface area contributed by atoms with Gasteiger partial charge in [-0.05, 0) is 57.2 Å². The fourth-order valence-electron chi connectivity index (χ4n) is 3.75. The molecule has 1 unspecified atom stereocenters. The molecule has 2 aromatic carbocycles. The van der Waals surface area contributed by atoms with E-state index in [9.17, 15) is 14.4 Å². The topological polar surface area (TPSA) is 75.7 Å². The second-order valence-corrected chi connectivity index (χ2v) is 8.66. The summed E-state index contributed by atoms with van der Waals surface area (Å²) < 4.78 is 5.63. The van der Waals surface area contributed by atoms with Crippen LogP contribution in [0, 0.1) is 0 Å². The van der Waals surface area contributed by atoms with Crippen LogP contribution in [0.15, 0.2) is 36.4 Å². The lowest BCUT2D eigenvalue weighted by Gasteiger charge is -2.29. The largest absolute Gasteiger partial charge is 0.493 e. The van der Waals surface area contributed by atoms with Gasteiger partial charge in [0.05, 0.1) is 23.8 Å². The van der Waals surface area contributed by atoms with Gasteiger partial charge in [0, 0.05) is 28.1 Å². The van der Waals surface area contributed by atoms with Crippen LogP contribution in [0.5, 0.6) is 5.75 Å². The van der Waals surface area contributed by atoms with E-state index in [4.69, 9.17) is 16.3 Å². The van der Waals surface area contributed by atoms with E-state index in [0.717, 1.165) is 5.56 Å². The van der Waals surface area contributed by atoms with Crippen molar-refractivity contribution in [3.8, 4) is 5.75 Å². The highest BCUT2D eigenvalue weighted by Gasteiger charge is 2.42. The van der Waals surface area contributed by atoms with E-state index >= 15 is 0 Å². The Morgan fingerprint density at radius 3 is 2.55 bits per heavy atom. The van der Waals surface area contributed by atoms with Crippen LogP contribution in [0.3, 0.4) is 0 Å². The molecule has 4 rings (SSSR count). The summed E-state index contributed by atoms with van der Waals surface area (Å²) in [5.74, 6) is -0.339. The van der Waals surface area contributed by atoms with Crippen LogP contribution in [0.25, 0.3) is 0 Å². The highest BCUT2D eigenvalue weighted by Crippen LogP contribution is 2.34. The molecule has 0 fully saturated rings. The van der Waals surface area contributed by atoms with Gasteiger partial charge in [-0.3, -0.25) is 19.3 Å². The molecule has 0 aliphatic carbocycles. The minimum absolute atomic E-state index is 0.249. The average molecular weight is 413 g/mol. The zero-order valence-electron chi connectivity index (χ0n) is 16.4. The van der Waals surface area contributed by atoms with Crippen molar-refractivity contribution >= 4 is 29.3 Å². The lowest BCUT2D eigenvalue weighted by molar-refractivity contribution is 0.0507. The highest BCUT2D eigenvalue weighted by atomic mass is 35.5. The number of carbonyl (C=O) groups is 3. The maximum atomic E-state index is 12.9. The van der Waals surface area contributed by atoms with Crippen molar-refractivity contribution in [3.05, 3.63) is 63.7 Å². The fourth-order valence-corrected chi connectivity index (χ4v) is 3.93. The molecule has 2 aromatic rings. The third-order valence-electron chi connectivity index (χ3n) is 5.14. The number of hydrogen-bond acceptors (Lipinski definition) is 4. The second kappa shape index (κ2) is 6.88. The fraction of sp³-hybridized carbons (Fsp3) is 0.318. The van der Waals surface area contributed by atoms with E-state index in [0.29, 0.717) is 34.9 Å². The number of nitrogens with one attached hydrogen (secondary N) is 1. The van der Waals surface area contributed by atoms with Crippen molar-refractivity contribution < 1.29 is 19.1 Å². The van der Waals surface area contributed by atoms with Gasteiger partial charge in [-0.1, -0.05) is 11.6 Å². The van der Waals surface area contributed by atoms with Crippen LogP contribution in [0.1, 0.15) is 69.9 Å². The lowest BCUT2D eigenvalue weighted by atomic mass is 9.99. The molecule has 7 heteroatoms. The molecule has 0 saturated carbocycles. The maximum Gasteiger partial charge on any atom is 0.262 e. The summed E-state index contributed by atoms with van der Waals surface area (Å²) in [5.41, 5.74) is 1.09. The molecule has 0 radical (unpaired) electrons. The molecule has 1 N–H and O–H groups in total. The number of nitrogens with zero attached hydrogens (tertiary/aromatic N) is 1. The third kappa shape index (κ3) is 3.38. The van der Waals surface area contributed by atoms with Gasteiger partial charge in [0.15, 0.2) is 0 Å². The van der Waals surface area contributed by atoms with Crippen molar-refractivity contribution in [1.29, 1.82) is 0 Å². The minimum atomic E-state index is -0.638. The number of amides is 3. The summed E-state index contributed by atoms with van der Waals surface area (Å²) >= 11 is 6.10. The molecule has 0 aromatic heterocycles. The molecule has 1 atom stereocenters. The van der Waals surface area contributed by atoms with E-state index in [2.05, 4.69) is 5.32 Å². The third-order valence-corrected chi connectivity index (χ3v) is 5.37. The summed E-state index contributed by atoms with van der Waals surface area (Å²) in [6, 6.07) is 9.68. The Balaban J connectivity index is 1.60. The zero-order valence-corrected chi connectivity index (χ0v) is 17.2. The Kier molecular flexibility index (Phi) is 4.62. The molecule has 150 valence electrons. The van der Waals surface area contributed by atoms with Gasteiger partial charge in [0.1, 0.15) is 5.75 Å². The molecule has 0 spiro atoms. The van der Waals surface area contributed by atoms with Crippen LogP contribution in [-0.2, 0) is 0 Å². The molecular weight excluding hydrogens is 392 g/mol. The lowest BCUT2D eigenvalue weighted by Crippen LogP contribution is -2.45. The average Bonchev–Trinajstić information content (AvgIpc) is 2.92. The van der Waals surface area contributed by atoms with Gasteiger partial charge < -0.3 is 10.1 Å². The first-order valence-electron chi connectivity index (χ1n) is 9.43. The first kappa shape index (κ1) is 19.5. The highest BCUT2D eigenvalue weighted by molar-refractivity contribution is 6.30. The first-order chi connectivity index (χ1) is 13.7. The van der Waals surface area contributed by atoms with Crippen LogP contribution in [-0.4, -0.2) is 34.8 Å². The molecule has 2 heterocycles. The Hall–Kier alpha value is -2.86. The van der Waals surface area contributed by atoms with Crippen molar-refractivity contribution in [2.24, 2.45) is 0 Å². The van der Waals surface area contributed by atoms with E-state index in [1.807, 2.05) is 0 Å².